The average molecular weight is 173 g/mol. The van der Waals surface area contributed by atoms with E-state index in [1.54, 1.807) is 0 Å². The van der Waals surface area contributed by atoms with Crippen LogP contribution in [0.5, 0.6) is 0 Å². The van der Waals surface area contributed by atoms with Gasteiger partial charge in [0.2, 0.25) is 0 Å². The van der Waals surface area contributed by atoms with Crippen molar-refractivity contribution >= 4 is 0 Å². The molecular weight excluding hydrogens is 154 g/mol. The monoisotopic (exact) mass is 173 g/mol. The number of rotatable bonds is 3. The third-order valence-corrected chi connectivity index (χ3v) is 2.72. The maximum atomic E-state index is 10.1. The number of nitrogens with two attached hydrogens (primary N) is 1. The van der Waals surface area contributed by atoms with Gasteiger partial charge in [-0.1, -0.05) is 13.8 Å². The van der Waals surface area contributed by atoms with Crippen LogP contribution in [0.1, 0.15) is 20.3 Å². The molecule has 2 unspecified atom stereocenters. The number of hydrogen-bond acceptors (Lipinski definition) is 3. The summed E-state index contributed by atoms with van der Waals surface area (Å²) in [4.78, 5) is 0. The van der Waals surface area contributed by atoms with Crippen LogP contribution in [0.2, 0.25) is 0 Å². The summed E-state index contributed by atoms with van der Waals surface area (Å²) in [6, 6.07) is 0. The third kappa shape index (κ3) is 1.79. The Labute approximate surface area is 73.9 Å². The van der Waals surface area contributed by atoms with Gasteiger partial charge >= 0.3 is 0 Å². The number of hydrogen-bond donors (Lipinski definition) is 2. The van der Waals surface area contributed by atoms with Gasteiger partial charge in [-0.05, 0) is 18.9 Å². The molecule has 0 amide bonds. The van der Waals surface area contributed by atoms with Crippen LogP contribution in [0.15, 0.2) is 0 Å². The fourth-order valence-electron chi connectivity index (χ4n) is 1.95. The number of ether oxygens (including phenoxy) is 1. The predicted molar refractivity (Wildman–Crippen MR) is 47.8 cm³/mol. The zero-order chi connectivity index (χ0) is 9.19. The van der Waals surface area contributed by atoms with Gasteiger partial charge < -0.3 is 15.6 Å². The van der Waals surface area contributed by atoms with Crippen molar-refractivity contribution in [2.24, 2.45) is 17.6 Å². The van der Waals surface area contributed by atoms with Gasteiger partial charge in [-0.2, -0.15) is 0 Å². The summed E-state index contributed by atoms with van der Waals surface area (Å²) in [7, 11) is 0. The van der Waals surface area contributed by atoms with Gasteiger partial charge in [-0.15, -0.1) is 0 Å². The molecule has 72 valence electrons. The van der Waals surface area contributed by atoms with Crippen molar-refractivity contribution in [1.82, 2.24) is 0 Å². The lowest BCUT2D eigenvalue weighted by Gasteiger charge is -2.30. The van der Waals surface area contributed by atoms with Crippen LogP contribution in [-0.2, 0) is 4.74 Å². The van der Waals surface area contributed by atoms with E-state index in [0.29, 0.717) is 32.1 Å². The Kier molecular flexibility index (Phi) is 3.09. The summed E-state index contributed by atoms with van der Waals surface area (Å²) in [6.45, 7) is 5.88. The molecule has 1 heterocycles. The molecule has 0 aromatic heterocycles. The summed E-state index contributed by atoms with van der Waals surface area (Å²) in [5.74, 6) is 0.713. The van der Waals surface area contributed by atoms with E-state index in [-0.39, 0.29) is 5.92 Å². The minimum Gasteiger partial charge on any atom is -0.387 e. The van der Waals surface area contributed by atoms with Crippen LogP contribution in [-0.4, -0.2) is 30.5 Å². The molecule has 0 aromatic carbocycles. The highest BCUT2D eigenvalue weighted by molar-refractivity contribution is 4.92. The summed E-state index contributed by atoms with van der Waals surface area (Å²) < 4.78 is 5.28. The normalized spacial score (nSPS) is 36.2. The topological polar surface area (TPSA) is 55.5 Å². The highest BCUT2D eigenvalue weighted by atomic mass is 16.5. The quantitative estimate of drug-likeness (QED) is 0.648. The van der Waals surface area contributed by atoms with E-state index < -0.39 is 5.60 Å². The maximum Gasteiger partial charge on any atom is 0.0944 e. The van der Waals surface area contributed by atoms with Crippen molar-refractivity contribution in [2.75, 3.05) is 19.8 Å². The van der Waals surface area contributed by atoms with Crippen molar-refractivity contribution in [3.63, 3.8) is 0 Å². The Morgan fingerprint density at radius 2 is 2.33 bits per heavy atom. The first kappa shape index (κ1) is 9.96. The molecule has 0 aromatic rings. The molecule has 0 bridgehead atoms. The minimum atomic E-state index is -0.664. The molecule has 0 aliphatic carbocycles. The third-order valence-electron chi connectivity index (χ3n) is 2.72. The highest BCUT2D eigenvalue weighted by Crippen LogP contribution is 2.33. The van der Waals surface area contributed by atoms with Crippen molar-refractivity contribution in [2.45, 2.75) is 25.9 Å². The van der Waals surface area contributed by atoms with Gasteiger partial charge in [0.05, 0.1) is 18.8 Å². The zero-order valence-corrected chi connectivity index (χ0v) is 7.92. The molecule has 1 fully saturated rings. The van der Waals surface area contributed by atoms with E-state index in [9.17, 15) is 5.11 Å². The van der Waals surface area contributed by atoms with Crippen LogP contribution < -0.4 is 5.73 Å². The van der Waals surface area contributed by atoms with E-state index in [2.05, 4.69) is 13.8 Å². The van der Waals surface area contributed by atoms with E-state index in [1.165, 1.54) is 0 Å². The molecule has 2 atom stereocenters. The van der Waals surface area contributed by atoms with Crippen LogP contribution in [0.4, 0.5) is 0 Å². The van der Waals surface area contributed by atoms with Gasteiger partial charge in [0.25, 0.3) is 0 Å². The average Bonchev–Trinajstić information content (AvgIpc) is 2.32. The lowest BCUT2D eigenvalue weighted by Crippen LogP contribution is -2.41. The van der Waals surface area contributed by atoms with Gasteiger partial charge in [0.15, 0.2) is 0 Å². The van der Waals surface area contributed by atoms with E-state index in [4.69, 9.17) is 10.5 Å². The summed E-state index contributed by atoms with van der Waals surface area (Å²) in [6.07, 6.45) is 0.649. The summed E-state index contributed by atoms with van der Waals surface area (Å²) in [5.41, 5.74) is 4.78. The second-order valence-corrected chi connectivity index (χ2v) is 4.01. The standard InChI is InChI=1S/C9H19NO2/c1-7(2)8-5-12-6-9(8,11)3-4-10/h7-8,11H,3-6,10H2,1-2H3. The molecule has 0 saturated carbocycles. The Balaban J connectivity index is 2.60. The smallest absolute Gasteiger partial charge is 0.0944 e. The van der Waals surface area contributed by atoms with E-state index in [1.807, 2.05) is 0 Å². The Morgan fingerprint density at radius 3 is 2.83 bits per heavy atom. The van der Waals surface area contributed by atoms with Gasteiger partial charge in [-0.25, -0.2) is 0 Å². The Morgan fingerprint density at radius 1 is 1.67 bits per heavy atom. The largest absolute Gasteiger partial charge is 0.387 e. The molecule has 1 aliphatic rings. The SMILES string of the molecule is CC(C)C1COCC1(O)CCN. The molecule has 3 N–H and O–H groups in total. The van der Waals surface area contributed by atoms with Gasteiger partial charge in [0, 0.05) is 5.92 Å². The summed E-state index contributed by atoms with van der Waals surface area (Å²) >= 11 is 0. The highest BCUT2D eigenvalue weighted by Gasteiger charge is 2.42. The van der Waals surface area contributed by atoms with Crippen LogP contribution in [0.3, 0.4) is 0 Å². The van der Waals surface area contributed by atoms with E-state index in [0.717, 1.165) is 0 Å². The zero-order valence-electron chi connectivity index (χ0n) is 7.92. The fraction of sp³-hybridized carbons (Fsp3) is 1.00. The molecule has 0 spiro atoms. The van der Waals surface area contributed by atoms with Crippen LogP contribution in [0, 0.1) is 11.8 Å². The van der Waals surface area contributed by atoms with Crippen molar-refractivity contribution < 1.29 is 9.84 Å². The predicted octanol–water partition coefficient (Wildman–Crippen LogP) is 0.369. The minimum absolute atomic E-state index is 0.251. The van der Waals surface area contributed by atoms with Gasteiger partial charge in [-0.3, -0.25) is 0 Å². The molecule has 3 nitrogen and oxygen atoms in total. The molecule has 1 saturated heterocycles. The van der Waals surface area contributed by atoms with Crippen molar-refractivity contribution in [3.8, 4) is 0 Å². The van der Waals surface area contributed by atoms with Crippen LogP contribution >= 0.6 is 0 Å². The second kappa shape index (κ2) is 3.73. The first-order valence-electron chi connectivity index (χ1n) is 4.60. The Hall–Kier alpha value is -0.120. The first-order valence-corrected chi connectivity index (χ1v) is 4.60. The molecular formula is C9H19NO2. The first-order chi connectivity index (χ1) is 5.60. The van der Waals surface area contributed by atoms with E-state index >= 15 is 0 Å². The fourth-order valence-corrected chi connectivity index (χ4v) is 1.95. The maximum absolute atomic E-state index is 10.1. The second-order valence-electron chi connectivity index (χ2n) is 4.01. The lowest BCUT2D eigenvalue weighted by molar-refractivity contribution is -0.0162. The van der Waals surface area contributed by atoms with Crippen LogP contribution in [0.25, 0.3) is 0 Å². The number of aliphatic hydroxyl groups is 1. The Bertz CT molecular complexity index is 149. The molecule has 12 heavy (non-hydrogen) atoms. The molecule has 1 rings (SSSR count). The molecule has 3 heteroatoms. The molecule has 1 aliphatic heterocycles. The molecule has 0 radical (unpaired) electrons. The van der Waals surface area contributed by atoms with Crippen molar-refractivity contribution in [3.05, 3.63) is 0 Å². The van der Waals surface area contributed by atoms with Gasteiger partial charge in [0.1, 0.15) is 0 Å². The van der Waals surface area contributed by atoms with Crippen molar-refractivity contribution in [1.29, 1.82) is 0 Å². The lowest BCUT2D eigenvalue weighted by atomic mass is 9.80. The summed E-state index contributed by atoms with van der Waals surface area (Å²) in [5, 5.41) is 10.1.